The van der Waals surface area contributed by atoms with E-state index >= 15 is 0 Å². The van der Waals surface area contributed by atoms with Crippen LogP contribution < -0.4 is 10.6 Å². The maximum absolute atomic E-state index is 12.4. The van der Waals surface area contributed by atoms with E-state index in [2.05, 4.69) is 30.8 Å². The van der Waals surface area contributed by atoms with Crippen LogP contribution in [0.5, 0.6) is 0 Å². The van der Waals surface area contributed by atoms with Gasteiger partial charge in [-0.3, -0.25) is 9.89 Å². The summed E-state index contributed by atoms with van der Waals surface area (Å²) in [5.74, 6) is 0.112. The van der Waals surface area contributed by atoms with Crippen molar-refractivity contribution in [3.05, 3.63) is 34.9 Å². The number of nitrogens with one attached hydrogen (secondary N) is 3. The highest BCUT2D eigenvalue weighted by atomic mass is 35.5. The van der Waals surface area contributed by atoms with E-state index in [0.717, 1.165) is 11.4 Å². The van der Waals surface area contributed by atoms with Crippen molar-refractivity contribution < 1.29 is 14.6 Å². The van der Waals surface area contributed by atoms with Gasteiger partial charge in [-0.15, -0.1) is 0 Å². The molecule has 2 heterocycles. The smallest absolute Gasteiger partial charge is 0.223 e. The Morgan fingerprint density at radius 3 is 2.89 bits per heavy atom. The number of ether oxygens (including phenoxy) is 1. The highest BCUT2D eigenvalue weighted by Crippen LogP contribution is 2.26. The standard InChI is InChI=1S/C17H23ClN6O3/c1-27-9-13-5-12(23-24-13)8-19-16(26)10-2-3-14(15(25)4-10)22-17-20-6-11(18)7-21-17/h5-7,10,14-15,25H,2-4,8-9H2,1H3,(H,19,26)(H,23,24)(H,20,21,22)/t10-,14-,15-/m0/s1. The second-order valence-corrected chi connectivity index (χ2v) is 7.02. The van der Waals surface area contributed by atoms with E-state index in [1.54, 1.807) is 7.11 Å². The number of aromatic nitrogens is 4. The Morgan fingerprint density at radius 1 is 1.41 bits per heavy atom. The molecule has 1 amide bonds. The van der Waals surface area contributed by atoms with E-state index in [4.69, 9.17) is 16.3 Å². The normalized spacial score (nSPS) is 22.4. The number of halogens is 1. The minimum Gasteiger partial charge on any atom is -0.391 e. The van der Waals surface area contributed by atoms with Gasteiger partial charge < -0.3 is 20.5 Å². The second kappa shape index (κ2) is 9.12. The molecule has 0 bridgehead atoms. The monoisotopic (exact) mass is 394 g/mol. The number of H-pyrrole nitrogens is 1. The van der Waals surface area contributed by atoms with Crippen molar-refractivity contribution >= 4 is 23.5 Å². The molecule has 0 aliphatic heterocycles. The molecule has 1 fully saturated rings. The molecule has 0 spiro atoms. The van der Waals surface area contributed by atoms with E-state index in [1.165, 1.54) is 12.4 Å². The number of anilines is 1. The molecule has 2 aromatic rings. The molecule has 0 unspecified atom stereocenters. The SMILES string of the molecule is COCc1cc(CNC(=O)[C@H]2CC[C@H](Nc3ncc(Cl)cn3)[C@@H](O)C2)[nH]n1. The van der Waals surface area contributed by atoms with Crippen LogP contribution in [0.4, 0.5) is 5.95 Å². The van der Waals surface area contributed by atoms with Gasteiger partial charge in [0, 0.05) is 13.0 Å². The molecule has 1 aliphatic rings. The zero-order valence-electron chi connectivity index (χ0n) is 15.0. The molecule has 0 aromatic carbocycles. The summed E-state index contributed by atoms with van der Waals surface area (Å²) in [6.45, 7) is 0.785. The third kappa shape index (κ3) is 5.38. The Morgan fingerprint density at radius 2 is 2.19 bits per heavy atom. The number of hydrogen-bond donors (Lipinski definition) is 4. The largest absolute Gasteiger partial charge is 0.391 e. The first-order valence-electron chi connectivity index (χ1n) is 8.77. The lowest BCUT2D eigenvalue weighted by molar-refractivity contribution is -0.127. The lowest BCUT2D eigenvalue weighted by Gasteiger charge is -2.32. The summed E-state index contributed by atoms with van der Waals surface area (Å²) in [6, 6.07) is 1.66. The number of carbonyl (C=O) groups is 1. The molecule has 1 saturated carbocycles. The molecule has 3 atom stereocenters. The fraction of sp³-hybridized carbons (Fsp3) is 0.529. The van der Waals surface area contributed by atoms with Gasteiger partial charge in [0.1, 0.15) is 0 Å². The molecule has 10 heteroatoms. The first-order valence-corrected chi connectivity index (χ1v) is 9.15. The summed E-state index contributed by atoms with van der Waals surface area (Å²) < 4.78 is 5.01. The van der Waals surface area contributed by atoms with E-state index in [9.17, 15) is 9.90 Å². The number of aliphatic hydroxyl groups is 1. The number of amides is 1. The van der Waals surface area contributed by atoms with Gasteiger partial charge in [-0.25, -0.2) is 9.97 Å². The zero-order chi connectivity index (χ0) is 19.2. The summed E-state index contributed by atoms with van der Waals surface area (Å²) >= 11 is 5.77. The van der Waals surface area contributed by atoms with Crippen molar-refractivity contribution in [3.8, 4) is 0 Å². The van der Waals surface area contributed by atoms with E-state index in [-0.39, 0.29) is 17.9 Å². The van der Waals surface area contributed by atoms with Gasteiger partial charge >= 0.3 is 0 Å². The van der Waals surface area contributed by atoms with Crippen molar-refractivity contribution in [2.75, 3.05) is 12.4 Å². The first kappa shape index (κ1) is 19.5. The average molecular weight is 395 g/mol. The van der Waals surface area contributed by atoms with Crippen LogP contribution in [0.25, 0.3) is 0 Å². The summed E-state index contributed by atoms with van der Waals surface area (Å²) in [7, 11) is 1.60. The number of hydrogen-bond acceptors (Lipinski definition) is 7. The maximum atomic E-state index is 12.4. The van der Waals surface area contributed by atoms with Crippen molar-refractivity contribution in [3.63, 3.8) is 0 Å². The Hall–Kier alpha value is -2.23. The van der Waals surface area contributed by atoms with Crippen molar-refractivity contribution in [2.24, 2.45) is 5.92 Å². The quantitative estimate of drug-likeness (QED) is 0.557. The number of rotatable bonds is 7. The number of aliphatic hydroxyl groups excluding tert-OH is 1. The molecule has 9 nitrogen and oxygen atoms in total. The summed E-state index contributed by atoms with van der Waals surface area (Å²) in [5.41, 5.74) is 1.60. The van der Waals surface area contributed by atoms with Crippen molar-refractivity contribution in [1.29, 1.82) is 0 Å². The van der Waals surface area contributed by atoms with Crippen LogP contribution >= 0.6 is 11.6 Å². The number of nitrogens with zero attached hydrogens (tertiary/aromatic N) is 3. The first-order chi connectivity index (χ1) is 13.0. The fourth-order valence-corrected chi connectivity index (χ4v) is 3.25. The van der Waals surface area contributed by atoms with Crippen LogP contribution in [-0.2, 0) is 22.7 Å². The zero-order valence-corrected chi connectivity index (χ0v) is 15.7. The summed E-state index contributed by atoms with van der Waals surface area (Å²) in [5, 5.41) is 23.8. The van der Waals surface area contributed by atoms with Gasteiger partial charge in [0.25, 0.3) is 0 Å². The van der Waals surface area contributed by atoms with Gasteiger partial charge in [-0.05, 0) is 25.3 Å². The Labute approximate surface area is 161 Å². The maximum Gasteiger partial charge on any atom is 0.223 e. The molecular weight excluding hydrogens is 372 g/mol. The molecule has 3 rings (SSSR count). The molecular formula is C17H23ClN6O3. The van der Waals surface area contributed by atoms with E-state index in [1.807, 2.05) is 6.07 Å². The van der Waals surface area contributed by atoms with Crippen molar-refractivity contribution in [1.82, 2.24) is 25.5 Å². The number of carbonyl (C=O) groups excluding carboxylic acids is 1. The predicted octanol–water partition coefficient (Wildman–Crippen LogP) is 1.26. The predicted molar refractivity (Wildman–Crippen MR) is 98.9 cm³/mol. The molecule has 0 saturated heterocycles. The third-order valence-electron chi connectivity index (χ3n) is 4.55. The van der Waals surface area contributed by atoms with Crippen LogP contribution in [0, 0.1) is 5.92 Å². The van der Waals surface area contributed by atoms with Crippen molar-refractivity contribution in [2.45, 2.75) is 44.6 Å². The summed E-state index contributed by atoms with van der Waals surface area (Å²) in [4.78, 5) is 20.6. The van der Waals surface area contributed by atoms with Crippen LogP contribution in [-0.4, -0.2) is 50.4 Å². The lowest BCUT2D eigenvalue weighted by Crippen LogP contribution is -2.44. The van der Waals surface area contributed by atoms with Gasteiger partial charge in [-0.2, -0.15) is 5.10 Å². The highest BCUT2D eigenvalue weighted by Gasteiger charge is 2.33. The Bertz CT molecular complexity index is 753. The van der Waals surface area contributed by atoms with Crippen LogP contribution in [0.2, 0.25) is 5.02 Å². The summed E-state index contributed by atoms with van der Waals surface area (Å²) in [6.07, 6.45) is 4.04. The highest BCUT2D eigenvalue weighted by molar-refractivity contribution is 6.30. The van der Waals surface area contributed by atoms with Crippen LogP contribution in [0.15, 0.2) is 18.5 Å². The van der Waals surface area contributed by atoms with Gasteiger partial charge in [0.15, 0.2) is 0 Å². The number of methoxy groups -OCH3 is 1. The van der Waals surface area contributed by atoms with E-state index in [0.29, 0.717) is 43.4 Å². The molecule has 0 radical (unpaired) electrons. The molecule has 2 aromatic heterocycles. The minimum absolute atomic E-state index is 0.0712. The Balaban J connectivity index is 1.46. The van der Waals surface area contributed by atoms with Crippen LogP contribution in [0.1, 0.15) is 30.7 Å². The topological polar surface area (TPSA) is 125 Å². The number of aromatic amines is 1. The minimum atomic E-state index is -0.658. The third-order valence-corrected chi connectivity index (χ3v) is 4.75. The molecule has 27 heavy (non-hydrogen) atoms. The van der Waals surface area contributed by atoms with E-state index < -0.39 is 6.10 Å². The van der Waals surface area contributed by atoms with Gasteiger partial charge in [-0.1, -0.05) is 11.6 Å². The van der Waals surface area contributed by atoms with Gasteiger partial charge in [0.05, 0.1) is 54.1 Å². The molecule has 146 valence electrons. The second-order valence-electron chi connectivity index (χ2n) is 6.59. The lowest BCUT2D eigenvalue weighted by atomic mass is 9.83. The average Bonchev–Trinajstić information content (AvgIpc) is 3.11. The molecule has 4 N–H and O–H groups in total. The Kier molecular flexibility index (Phi) is 6.59. The van der Waals surface area contributed by atoms with Gasteiger partial charge in [0.2, 0.25) is 11.9 Å². The molecule has 1 aliphatic carbocycles. The fourth-order valence-electron chi connectivity index (χ4n) is 3.15. The van der Waals surface area contributed by atoms with Crippen LogP contribution in [0.3, 0.4) is 0 Å².